The molecule has 17 heavy (non-hydrogen) atoms. The van der Waals surface area contributed by atoms with Crippen LogP contribution < -0.4 is 5.32 Å². The molecule has 0 spiro atoms. The maximum Gasteiger partial charge on any atom is 0.321 e. The van der Waals surface area contributed by atoms with E-state index >= 15 is 0 Å². The average Bonchev–Trinajstić information content (AvgIpc) is 2.30. The average molecular weight is 244 g/mol. The van der Waals surface area contributed by atoms with Crippen LogP contribution in [0, 0.1) is 11.6 Å². The van der Waals surface area contributed by atoms with Crippen molar-refractivity contribution >= 4 is 11.7 Å². The van der Waals surface area contributed by atoms with Gasteiger partial charge in [0.1, 0.15) is 17.3 Å². The molecule has 1 aromatic rings. The molecular weight excluding hydrogens is 230 g/mol. The normalized spacial score (nSPS) is 10.1. The number of para-hydroxylation sites is 1. The molecule has 0 radical (unpaired) electrons. The third-order valence-electron chi connectivity index (χ3n) is 2.17. The van der Waals surface area contributed by atoms with E-state index in [2.05, 4.69) is 5.32 Å². The van der Waals surface area contributed by atoms with Crippen molar-refractivity contribution in [3.8, 4) is 0 Å². The minimum absolute atomic E-state index is 0.332. The molecule has 0 heterocycles. The second-order valence-corrected chi connectivity index (χ2v) is 3.44. The number of anilines is 1. The fourth-order valence-corrected chi connectivity index (χ4v) is 1.15. The van der Waals surface area contributed by atoms with Crippen molar-refractivity contribution in [1.82, 2.24) is 4.90 Å². The van der Waals surface area contributed by atoms with E-state index in [1.165, 1.54) is 25.1 Å². The molecule has 0 aromatic heterocycles. The number of methoxy groups -OCH3 is 1. The van der Waals surface area contributed by atoms with E-state index in [9.17, 15) is 13.6 Å². The second kappa shape index (κ2) is 6.15. The van der Waals surface area contributed by atoms with Crippen molar-refractivity contribution in [2.75, 3.05) is 32.6 Å². The lowest BCUT2D eigenvalue weighted by Gasteiger charge is -2.17. The zero-order valence-electron chi connectivity index (χ0n) is 9.67. The second-order valence-electron chi connectivity index (χ2n) is 3.44. The van der Waals surface area contributed by atoms with Crippen molar-refractivity contribution in [2.24, 2.45) is 0 Å². The van der Waals surface area contributed by atoms with Gasteiger partial charge in [-0.2, -0.15) is 0 Å². The number of amides is 2. The van der Waals surface area contributed by atoms with Gasteiger partial charge in [0.2, 0.25) is 0 Å². The number of rotatable bonds is 4. The number of halogens is 2. The van der Waals surface area contributed by atoms with Gasteiger partial charge in [-0.25, -0.2) is 13.6 Å². The summed E-state index contributed by atoms with van der Waals surface area (Å²) in [6.07, 6.45) is 0. The van der Waals surface area contributed by atoms with Gasteiger partial charge in [-0.15, -0.1) is 0 Å². The molecule has 0 aliphatic carbocycles. The van der Waals surface area contributed by atoms with E-state index < -0.39 is 23.4 Å². The molecule has 0 aliphatic heterocycles. The minimum Gasteiger partial charge on any atom is -0.383 e. The van der Waals surface area contributed by atoms with Gasteiger partial charge in [-0.05, 0) is 12.1 Å². The number of ether oxygens (including phenoxy) is 1. The Hall–Kier alpha value is -1.69. The van der Waals surface area contributed by atoms with Gasteiger partial charge in [0.15, 0.2) is 0 Å². The van der Waals surface area contributed by atoms with Crippen molar-refractivity contribution in [3.63, 3.8) is 0 Å². The fraction of sp³-hybridized carbons (Fsp3) is 0.364. The first-order chi connectivity index (χ1) is 8.06. The number of nitrogens with one attached hydrogen (secondary N) is 1. The predicted molar refractivity (Wildman–Crippen MR) is 59.9 cm³/mol. The molecule has 0 saturated heterocycles. The largest absolute Gasteiger partial charge is 0.383 e. The fourth-order valence-electron chi connectivity index (χ4n) is 1.15. The van der Waals surface area contributed by atoms with Crippen LogP contribution in [0.25, 0.3) is 0 Å². The van der Waals surface area contributed by atoms with Crippen LogP contribution in [0.4, 0.5) is 19.3 Å². The Bertz CT molecular complexity index is 379. The maximum atomic E-state index is 13.2. The zero-order chi connectivity index (χ0) is 12.8. The Morgan fingerprint density at radius 1 is 1.41 bits per heavy atom. The number of benzene rings is 1. The maximum absolute atomic E-state index is 13.2. The van der Waals surface area contributed by atoms with Crippen molar-refractivity contribution in [3.05, 3.63) is 29.8 Å². The van der Waals surface area contributed by atoms with Gasteiger partial charge in [0.25, 0.3) is 0 Å². The van der Waals surface area contributed by atoms with Crippen LogP contribution in [0.3, 0.4) is 0 Å². The van der Waals surface area contributed by atoms with E-state index in [1.807, 2.05) is 0 Å². The number of carbonyl (C=O) groups is 1. The summed E-state index contributed by atoms with van der Waals surface area (Å²) >= 11 is 0. The predicted octanol–water partition coefficient (Wildman–Crippen LogP) is 2.07. The van der Waals surface area contributed by atoms with Gasteiger partial charge in [-0.1, -0.05) is 6.07 Å². The van der Waals surface area contributed by atoms with Gasteiger partial charge in [0.05, 0.1) is 6.61 Å². The van der Waals surface area contributed by atoms with E-state index in [1.54, 1.807) is 0 Å². The van der Waals surface area contributed by atoms with Crippen molar-refractivity contribution < 1.29 is 18.3 Å². The molecule has 94 valence electrons. The summed E-state index contributed by atoms with van der Waals surface area (Å²) in [7, 11) is 3.01. The Morgan fingerprint density at radius 2 is 2.00 bits per heavy atom. The van der Waals surface area contributed by atoms with Crippen LogP contribution in [0.1, 0.15) is 0 Å². The van der Waals surface area contributed by atoms with Crippen LogP contribution in [0.5, 0.6) is 0 Å². The van der Waals surface area contributed by atoms with Crippen molar-refractivity contribution in [1.29, 1.82) is 0 Å². The van der Waals surface area contributed by atoms with Crippen molar-refractivity contribution in [2.45, 2.75) is 0 Å². The molecule has 1 aromatic carbocycles. The highest BCUT2D eigenvalue weighted by Crippen LogP contribution is 2.18. The third kappa shape index (κ3) is 3.67. The molecule has 0 atom stereocenters. The summed E-state index contributed by atoms with van der Waals surface area (Å²) in [6, 6.07) is 2.79. The zero-order valence-corrected chi connectivity index (χ0v) is 9.67. The summed E-state index contributed by atoms with van der Waals surface area (Å²) < 4.78 is 31.2. The van der Waals surface area contributed by atoms with Crippen LogP contribution in [-0.4, -0.2) is 38.2 Å². The first kappa shape index (κ1) is 13.4. The topological polar surface area (TPSA) is 41.6 Å². The van der Waals surface area contributed by atoms with Crippen LogP contribution >= 0.6 is 0 Å². The monoisotopic (exact) mass is 244 g/mol. The van der Waals surface area contributed by atoms with Gasteiger partial charge < -0.3 is 15.0 Å². The molecular formula is C11H14F2N2O2. The number of carbonyl (C=O) groups excluding carboxylic acids is 1. The Kier molecular flexibility index (Phi) is 4.84. The molecule has 0 unspecified atom stereocenters. The Balaban J connectivity index is 2.68. The van der Waals surface area contributed by atoms with E-state index in [4.69, 9.17) is 4.74 Å². The molecule has 0 aliphatic rings. The lowest BCUT2D eigenvalue weighted by atomic mass is 10.3. The van der Waals surface area contributed by atoms with E-state index in [0.717, 1.165) is 12.1 Å². The number of likely N-dealkylation sites (N-methyl/N-ethyl adjacent to an activating group) is 1. The summed E-state index contributed by atoms with van der Waals surface area (Å²) in [5.41, 5.74) is -0.443. The molecule has 1 N–H and O–H groups in total. The van der Waals surface area contributed by atoms with Crippen LogP contribution in [0.2, 0.25) is 0 Å². The molecule has 6 heteroatoms. The summed E-state index contributed by atoms with van der Waals surface area (Å²) in [5, 5.41) is 2.17. The molecule has 4 nitrogen and oxygen atoms in total. The highest BCUT2D eigenvalue weighted by atomic mass is 19.1. The van der Waals surface area contributed by atoms with Gasteiger partial charge >= 0.3 is 6.03 Å². The van der Waals surface area contributed by atoms with Crippen LogP contribution in [0.15, 0.2) is 18.2 Å². The SMILES string of the molecule is COCCN(C)C(=O)Nc1c(F)cccc1F. The smallest absolute Gasteiger partial charge is 0.321 e. The Labute approximate surface area is 98.2 Å². The lowest BCUT2D eigenvalue weighted by molar-refractivity contribution is 0.165. The highest BCUT2D eigenvalue weighted by Gasteiger charge is 2.14. The minimum atomic E-state index is -0.807. The quantitative estimate of drug-likeness (QED) is 0.881. The third-order valence-corrected chi connectivity index (χ3v) is 2.17. The van der Waals surface area contributed by atoms with Gasteiger partial charge in [0, 0.05) is 20.7 Å². The number of urea groups is 1. The number of hydrogen-bond donors (Lipinski definition) is 1. The Morgan fingerprint density at radius 3 is 2.53 bits per heavy atom. The van der Waals surface area contributed by atoms with E-state index in [0.29, 0.717) is 13.2 Å². The summed E-state index contributed by atoms with van der Waals surface area (Å²) in [5.74, 6) is -1.61. The number of hydrogen-bond acceptors (Lipinski definition) is 2. The molecule has 1 rings (SSSR count). The molecule has 0 fully saturated rings. The van der Waals surface area contributed by atoms with Gasteiger partial charge in [-0.3, -0.25) is 0 Å². The molecule has 2 amide bonds. The standard InChI is InChI=1S/C11H14F2N2O2/c1-15(6-7-17-2)11(16)14-10-8(12)4-3-5-9(10)13/h3-5H,6-7H2,1-2H3,(H,14,16). The van der Waals surface area contributed by atoms with E-state index in [-0.39, 0.29) is 0 Å². The molecule has 0 bridgehead atoms. The number of nitrogens with zero attached hydrogens (tertiary/aromatic N) is 1. The molecule has 0 saturated carbocycles. The first-order valence-corrected chi connectivity index (χ1v) is 5.01. The lowest BCUT2D eigenvalue weighted by Crippen LogP contribution is -2.34. The summed E-state index contributed by atoms with van der Waals surface area (Å²) in [6.45, 7) is 0.683. The first-order valence-electron chi connectivity index (χ1n) is 5.01. The highest BCUT2D eigenvalue weighted by molar-refractivity contribution is 5.89. The van der Waals surface area contributed by atoms with Crippen LogP contribution in [-0.2, 0) is 4.74 Å². The summed E-state index contributed by atoms with van der Waals surface area (Å²) in [4.78, 5) is 12.8.